The second-order valence-electron chi connectivity index (χ2n) is 10.0. The molecule has 18 nitrogen and oxygen atoms in total. The molecule has 4 rings (SSSR count). The van der Waals surface area contributed by atoms with Crippen molar-refractivity contribution in [2.24, 2.45) is 17.9 Å². The third-order valence-corrected chi connectivity index (χ3v) is 8.50. The van der Waals surface area contributed by atoms with Gasteiger partial charge in [0.05, 0.1) is 7.05 Å². The molecule has 2 amide bonds. The maximum atomic E-state index is 13.2. The van der Waals surface area contributed by atoms with Gasteiger partial charge in [-0.2, -0.15) is 9.36 Å². The number of hydrogen-bond donors (Lipinski definition) is 7. The largest absolute Gasteiger partial charge is 0.478 e. The zero-order valence-electron chi connectivity index (χ0n) is 23.4. The van der Waals surface area contributed by atoms with Crippen molar-refractivity contribution in [1.82, 2.24) is 24.3 Å². The van der Waals surface area contributed by atoms with Crippen molar-refractivity contribution in [3.05, 3.63) is 23.3 Å². The van der Waals surface area contributed by atoms with Crippen molar-refractivity contribution in [2.45, 2.75) is 43.8 Å². The van der Waals surface area contributed by atoms with Crippen molar-refractivity contribution in [2.75, 3.05) is 35.6 Å². The first-order chi connectivity index (χ1) is 20.3. The van der Waals surface area contributed by atoms with Crippen LogP contribution in [0.4, 0.5) is 16.6 Å². The smallest absolute Gasteiger partial charge is 0.352 e. The molecule has 20 heteroatoms. The molecule has 4 heterocycles. The number of thioether (sulfide) groups is 1. The summed E-state index contributed by atoms with van der Waals surface area (Å²) in [7, 11) is 1.73. The lowest BCUT2D eigenvalue weighted by atomic mass is 10.0. The van der Waals surface area contributed by atoms with Crippen molar-refractivity contribution >= 4 is 69.4 Å². The van der Waals surface area contributed by atoms with Crippen LogP contribution in [0.5, 0.6) is 0 Å². The van der Waals surface area contributed by atoms with Crippen LogP contribution in [0.15, 0.2) is 22.6 Å². The van der Waals surface area contributed by atoms with Gasteiger partial charge in [-0.3, -0.25) is 14.5 Å². The first-order valence-corrected chi connectivity index (χ1v) is 14.7. The summed E-state index contributed by atoms with van der Waals surface area (Å²) < 4.78 is 7.33. The Kier molecular flexibility index (Phi) is 9.11. The topological polar surface area (TPSA) is 270 Å². The van der Waals surface area contributed by atoms with E-state index in [-0.39, 0.29) is 29.0 Å². The number of rotatable bonds is 13. The number of nitrogens with zero attached hydrogens (tertiary/aromatic N) is 6. The van der Waals surface area contributed by atoms with Gasteiger partial charge in [-0.25, -0.2) is 9.59 Å². The molecule has 0 bridgehead atoms. The maximum Gasteiger partial charge on any atom is 0.352 e. The second-order valence-corrected chi connectivity index (χ2v) is 11.9. The SMILES string of the molecule is Cn1c(N)c(NCCCN)c[n+]1CC1=C(C(=O)O)N2C(=O)[C@@H](NC(=O)/C(=N\OC(C)(C)C(=O)O)c3nsc(N)n3)[C@H]2SC1. The van der Waals surface area contributed by atoms with Crippen LogP contribution < -0.4 is 32.5 Å². The molecule has 0 aromatic carbocycles. The molecule has 0 unspecified atom stereocenters. The molecule has 0 radical (unpaired) electrons. The van der Waals surface area contributed by atoms with E-state index in [1.165, 1.54) is 25.6 Å². The zero-order chi connectivity index (χ0) is 31.6. The highest BCUT2D eigenvalue weighted by Crippen LogP contribution is 2.40. The van der Waals surface area contributed by atoms with Gasteiger partial charge in [-0.15, -0.1) is 21.1 Å². The zero-order valence-corrected chi connectivity index (χ0v) is 25.1. The highest BCUT2D eigenvalue weighted by Gasteiger charge is 2.55. The van der Waals surface area contributed by atoms with Crippen LogP contribution in [0.3, 0.4) is 0 Å². The van der Waals surface area contributed by atoms with Crippen molar-refractivity contribution in [1.29, 1.82) is 0 Å². The summed E-state index contributed by atoms with van der Waals surface area (Å²) in [5.74, 6) is -3.77. The van der Waals surface area contributed by atoms with Crippen LogP contribution in [-0.2, 0) is 37.6 Å². The van der Waals surface area contributed by atoms with E-state index in [0.717, 1.165) is 22.9 Å². The van der Waals surface area contributed by atoms with Gasteiger partial charge in [0.15, 0.2) is 17.5 Å². The number of hydrogen-bond acceptors (Lipinski definition) is 14. The van der Waals surface area contributed by atoms with Crippen LogP contribution in [0.25, 0.3) is 0 Å². The molecule has 1 fully saturated rings. The van der Waals surface area contributed by atoms with E-state index in [1.54, 1.807) is 22.6 Å². The first kappa shape index (κ1) is 31.5. The predicted octanol–water partition coefficient (Wildman–Crippen LogP) is -1.89. The van der Waals surface area contributed by atoms with E-state index >= 15 is 0 Å². The van der Waals surface area contributed by atoms with E-state index in [4.69, 9.17) is 22.0 Å². The summed E-state index contributed by atoms with van der Waals surface area (Å²) in [6.45, 7) is 3.72. The Balaban J connectivity index is 1.54. The standard InChI is InChI=1S/C23H31N11O7S2/c1-23(2,21(39)40)41-30-12(16-29-22(26)43-31-16)17(35)28-13-18(36)34-14(20(37)38)10(9-42-19(13)34)7-33-8-11(15(25)32(33)3)27-6-4-5-24/h8,13,19,25,27H,4-7,9,24H2,1-3H3,(H5,26,28,29,31,35,37,38,39,40)/p+1/b30-12-/t13-,19-/m1/s1. The third-order valence-electron chi connectivity index (χ3n) is 6.62. The van der Waals surface area contributed by atoms with E-state index in [9.17, 15) is 29.4 Å². The van der Waals surface area contributed by atoms with Crippen LogP contribution in [0.2, 0.25) is 0 Å². The molecule has 2 aliphatic rings. The Hall–Kier alpha value is -4.43. The molecular formula is C23H32N11O7S2+. The Bertz CT molecular complexity index is 1520. The van der Waals surface area contributed by atoms with Crippen LogP contribution in [0, 0.1) is 0 Å². The van der Waals surface area contributed by atoms with Crippen LogP contribution >= 0.6 is 23.3 Å². The number of carboxylic acid groups (broad SMARTS) is 2. The van der Waals surface area contributed by atoms with Gasteiger partial charge in [0.1, 0.15) is 22.8 Å². The molecular weight excluding hydrogens is 606 g/mol. The third kappa shape index (κ3) is 6.34. The average Bonchev–Trinajstić information content (AvgIpc) is 3.49. The lowest BCUT2D eigenvalue weighted by Gasteiger charge is -2.49. The van der Waals surface area contributed by atoms with E-state index in [1.807, 2.05) is 0 Å². The summed E-state index contributed by atoms with van der Waals surface area (Å²) in [6.07, 6.45) is 2.49. The summed E-state index contributed by atoms with van der Waals surface area (Å²) in [6, 6.07) is -1.11. The molecule has 1 saturated heterocycles. The molecule has 10 N–H and O–H groups in total. The molecule has 2 aromatic rings. The first-order valence-electron chi connectivity index (χ1n) is 12.9. The average molecular weight is 639 g/mol. The van der Waals surface area contributed by atoms with Gasteiger partial charge in [0.25, 0.3) is 11.8 Å². The number of nitrogen functional groups attached to an aromatic ring is 2. The number of amides is 2. The van der Waals surface area contributed by atoms with E-state index in [2.05, 4.69) is 25.1 Å². The fourth-order valence-electron chi connectivity index (χ4n) is 4.15. The number of carbonyl (C=O) groups is 4. The van der Waals surface area contributed by atoms with Gasteiger partial charge in [0, 0.05) is 29.4 Å². The number of aliphatic carboxylic acids is 2. The van der Waals surface area contributed by atoms with Gasteiger partial charge in [0.2, 0.25) is 23.3 Å². The monoisotopic (exact) mass is 638 g/mol. The quantitative estimate of drug-likeness (QED) is 0.0416. The molecule has 0 saturated carbocycles. The molecule has 2 aromatic heterocycles. The van der Waals surface area contributed by atoms with Crippen molar-refractivity contribution in [3.63, 3.8) is 0 Å². The summed E-state index contributed by atoms with van der Waals surface area (Å²) in [5, 5.41) is 28.1. The summed E-state index contributed by atoms with van der Waals surface area (Å²) in [4.78, 5) is 60.4. The van der Waals surface area contributed by atoms with Gasteiger partial charge in [-0.1, -0.05) is 5.16 Å². The number of carboxylic acids is 2. The van der Waals surface area contributed by atoms with Crippen LogP contribution in [-0.4, -0.2) is 94.5 Å². The van der Waals surface area contributed by atoms with Gasteiger partial charge < -0.3 is 42.9 Å². The Morgan fingerprint density at radius 1 is 1.30 bits per heavy atom. The number of β-lactam (4-membered cyclic amide) rings is 1. The van der Waals surface area contributed by atoms with Crippen molar-refractivity contribution < 1.29 is 38.9 Å². The summed E-state index contributed by atoms with van der Waals surface area (Å²) in [5.41, 5.74) is 16.0. The molecule has 232 valence electrons. The van der Waals surface area contributed by atoms with Gasteiger partial charge in [-0.05, 0) is 26.8 Å². The normalized spacial score (nSPS) is 18.7. The highest BCUT2D eigenvalue weighted by atomic mass is 32.2. The van der Waals surface area contributed by atoms with E-state index < -0.39 is 46.5 Å². The molecule has 2 aliphatic heterocycles. The van der Waals surface area contributed by atoms with Gasteiger partial charge >= 0.3 is 11.9 Å². The lowest BCUT2D eigenvalue weighted by Crippen LogP contribution is -2.71. The van der Waals surface area contributed by atoms with Crippen LogP contribution in [0.1, 0.15) is 26.1 Å². The molecule has 0 aliphatic carbocycles. The fraction of sp³-hybridized carbons (Fsp3) is 0.478. The minimum atomic E-state index is -1.80. The lowest BCUT2D eigenvalue weighted by molar-refractivity contribution is -0.765. The predicted molar refractivity (Wildman–Crippen MR) is 156 cm³/mol. The maximum absolute atomic E-state index is 13.2. The number of aromatic nitrogens is 4. The molecule has 0 spiro atoms. The van der Waals surface area contributed by atoms with E-state index in [0.29, 0.717) is 30.2 Å². The molecule has 2 atom stereocenters. The Morgan fingerprint density at radius 2 is 2.02 bits per heavy atom. The fourth-order valence-corrected chi connectivity index (χ4v) is 5.92. The number of nitrogens with two attached hydrogens (primary N) is 3. The summed E-state index contributed by atoms with van der Waals surface area (Å²) >= 11 is 2.04. The van der Waals surface area contributed by atoms with Crippen molar-refractivity contribution in [3.8, 4) is 0 Å². The minimum absolute atomic E-state index is 0.0156. The number of nitrogens with one attached hydrogen (secondary N) is 2. The number of oxime groups is 1. The Labute approximate surface area is 253 Å². The molecule has 43 heavy (non-hydrogen) atoms. The number of fused-ring (bicyclic) bond motifs is 1. The number of carbonyl (C=O) groups excluding carboxylic acids is 2. The highest BCUT2D eigenvalue weighted by molar-refractivity contribution is 8.00. The minimum Gasteiger partial charge on any atom is -0.478 e. The Morgan fingerprint density at radius 3 is 2.63 bits per heavy atom. The number of anilines is 3. The second kappa shape index (κ2) is 12.4.